The van der Waals surface area contributed by atoms with E-state index in [4.69, 9.17) is 9.47 Å². The maximum Gasteiger partial charge on any atom is 0.283 e. The molecule has 44 heavy (non-hydrogen) atoms. The molecule has 7 rings (SSSR count). The SMILES string of the molecule is CN1CCN(c2ccc3cc2OCCCCOc2cccc(F)c2-c2cc4c-3nn(S(=O)(=O)c3ccccc3)c4cn2)CC1. The summed E-state index contributed by atoms with van der Waals surface area (Å²) < 4.78 is 56.5. The Morgan fingerprint density at radius 3 is 2.36 bits per heavy atom. The minimum Gasteiger partial charge on any atom is -0.493 e. The van der Waals surface area contributed by atoms with Gasteiger partial charge in [-0.05, 0) is 62.4 Å². The maximum atomic E-state index is 15.3. The van der Waals surface area contributed by atoms with Gasteiger partial charge < -0.3 is 19.3 Å². The van der Waals surface area contributed by atoms with Gasteiger partial charge in [-0.15, -0.1) is 0 Å². The van der Waals surface area contributed by atoms with Crippen molar-refractivity contribution in [3.8, 4) is 34.0 Å². The van der Waals surface area contributed by atoms with Gasteiger partial charge in [0.25, 0.3) is 10.0 Å². The molecule has 3 aromatic carbocycles. The van der Waals surface area contributed by atoms with E-state index in [0.29, 0.717) is 47.1 Å². The number of halogens is 1. The third-order valence-corrected chi connectivity index (χ3v) is 9.77. The number of hydrogen-bond donors (Lipinski definition) is 0. The quantitative estimate of drug-likeness (QED) is 0.266. The highest BCUT2D eigenvalue weighted by Gasteiger charge is 2.27. The third kappa shape index (κ3) is 5.16. The average Bonchev–Trinajstić information content (AvgIpc) is 3.43. The summed E-state index contributed by atoms with van der Waals surface area (Å²) >= 11 is 0. The predicted molar refractivity (Wildman–Crippen MR) is 167 cm³/mol. The highest BCUT2D eigenvalue weighted by atomic mass is 32.2. The molecule has 0 atom stereocenters. The van der Waals surface area contributed by atoms with Crippen LogP contribution >= 0.6 is 0 Å². The Balaban J connectivity index is 1.45. The van der Waals surface area contributed by atoms with E-state index in [0.717, 1.165) is 48.8 Å². The molecule has 0 unspecified atom stereocenters. The molecular formula is C33H32FN5O4S. The molecule has 5 aromatic rings. The Bertz CT molecular complexity index is 1940. The van der Waals surface area contributed by atoms with E-state index in [9.17, 15) is 8.42 Å². The zero-order valence-electron chi connectivity index (χ0n) is 24.3. The Labute approximate surface area is 255 Å². The van der Waals surface area contributed by atoms with E-state index >= 15 is 4.39 Å². The Hall–Kier alpha value is -4.48. The molecule has 2 aliphatic rings. The first-order valence-electron chi connectivity index (χ1n) is 14.7. The number of fused-ring (bicyclic) bond motifs is 6. The maximum absolute atomic E-state index is 15.3. The van der Waals surface area contributed by atoms with Crippen LogP contribution < -0.4 is 14.4 Å². The number of aromatic nitrogens is 3. The van der Waals surface area contributed by atoms with Crippen molar-refractivity contribution in [1.82, 2.24) is 19.1 Å². The minimum atomic E-state index is -4.07. The molecule has 0 spiro atoms. The second-order valence-corrected chi connectivity index (χ2v) is 12.9. The fourth-order valence-electron chi connectivity index (χ4n) is 5.74. The van der Waals surface area contributed by atoms with Crippen LogP contribution in [-0.2, 0) is 10.0 Å². The van der Waals surface area contributed by atoms with Crippen molar-refractivity contribution in [2.75, 3.05) is 51.3 Å². The van der Waals surface area contributed by atoms with Crippen LogP contribution in [0.3, 0.4) is 0 Å². The fraction of sp³-hybridized carbons (Fsp3) is 0.273. The van der Waals surface area contributed by atoms with Gasteiger partial charge in [-0.2, -0.15) is 17.6 Å². The number of ether oxygens (including phenoxy) is 2. The molecule has 226 valence electrons. The molecule has 2 aromatic heterocycles. The number of pyridine rings is 1. The summed E-state index contributed by atoms with van der Waals surface area (Å²) in [6.07, 6.45) is 2.89. The number of benzene rings is 3. The van der Waals surface area contributed by atoms with Crippen LogP contribution in [-0.4, -0.2) is 73.9 Å². The summed E-state index contributed by atoms with van der Waals surface area (Å²) in [5, 5.41) is 5.19. The number of nitrogens with zero attached hydrogens (tertiary/aromatic N) is 5. The second kappa shape index (κ2) is 11.5. The molecule has 2 aliphatic heterocycles. The van der Waals surface area contributed by atoms with Crippen molar-refractivity contribution < 1.29 is 22.3 Å². The van der Waals surface area contributed by atoms with Crippen LogP contribution in [0.4, 0.5) is 10.1 Å². The van der Waals surface area contributed by atoms with Gasteiger partial charge in [-0.1, -0.05) is 30.3 Å². The molecule has 4 bridgehead atoms. The van der Waals surface area contributed by atoms with E-state index in [1.165, 1.54) is 24.4 Å². The lowest BCUT2D eigenvalue weighted by Gasteiger charge is -2.35. The summed E-state index contributed by atoms with van der Waals surface area (Å²) in [5.41, 5.74) is 2.91. The lowest BCUT2D eigenvalue weighted by molar-refractivity contribution is 0.265. The van der Waals surface area contributed by atoms with E-state index in [1.807, 2.05) is 18.2 Å². The first-order valence-corrected chi connectivity index (χ1v) is 16.2. The fourth-order valence-corrected chi connectivity index (χ4v) is 7.04. The first kappa shape index (κ1) is 28.3. The van der Waals surface area contributed by atoms with Crippen LogP contribution in [0.25, 0.3) is 33.4 Å². The van der Waals surface area contributed by atoms with Crippen LogP contribution in [0.2, 0.25) is 0 Å². The smallest absolute Gasteiger partial charge is 0.283 e. The van der Waals surface area contributed by atoms with Crippen LogP contribution in [0.5, 0.6) is 11.5 Å². The number of hydrogen-bond acceptors (Lipinski definition) is 8. The molecule has 0 aliphatic carbocycles. The number of likely N-dealkylation sites (N-methyl/N-ethyl adjacent to an activating group) is 1. The van der Waals surface area contributed by atoms with Gasteiger partial charge in [-0.25, -0.2) is 4.39 Å². The molecule has 0 N–H and O–H groups in total. The lowest BCUT2D eigenvalue weighted by Crippen LogP contribution is -2.44. The van der Waals surface area contributed by atoms with Crippen LogP contribution in [0.15, 0.2) is 83.9 Å². The highest BCUT2D eigenvalue weighted by molar-refractivity contribution is 7.90. The molecule has 1 saturated heterocycles. The average molecular weight is 614 g/mol. The molecule has 1 fully saturated rings. The minimum absolute atomic E-state index is 0.0985. The molecule has 4 heterocycles. The molecular weight excluding hydrogens is 581 g/mol. The van der Waals surface area contributed by atoms with Gasteiger partial charge in [0.2, 0.25) is 0 Å². The zero-order valence-corrected chi connectivity index (χ0v) is 25.1. The van der Waals surface area contributed by atoms with E-state index in [2.05, 4.69) is 26.9 Å². The largest absolute Gasteiger partial charge is 0.493 e. The third-order valence-electron chi connectivity index (χ3n) is 8.17. The van der Waals surface area contributed by atoms with Crippen molar-refractivity contribution in [2.24, 2.45) is 0 Å². The molecule has 0 amide bonds. The van der Waals surface area contributed by atoms with Gasteiger partial charge in [-0.3, -0.25) is 4.98 Å². The van der Waals surface area contributed by atoms with Crippen molar-refractivity contribution in [3.63, 3.8) is 0 Å². The standard InChI is InChI=1S/C33H32FN5O4S/c1-37-14-16-38(17-15-37)28-13-12-23-20-31(28)43-19-6-5-18-42-30-11-7-10-26(34)32(30)27-21-25-29(22-35-27)39(36-33(23)25)44(40,41)24-8-3-2-4-9-24/h2-4,7-13,20-22H,5-6,14-19H2,1H3. The van der Waals surface area contributed by atoms with Crippen LogP contribution in [0, 0.1) is 5.82 Å². The zero-order chi connectivity index (χ0) is 30.3. The summed E-state index contributed by atoms with van der Waals surface area (Å²) in [4.78, 5) is 9.24. The van der Waals surface area contributed by atoms with E-state index < -0.39 is 15.8 Å². The summed E-state index contributed by atoms with van der Waals surface area (Å²) in [5.74, 6) is 0.600. The first-order chi connectivity index (χ1) is 21.4. The monoisotopic (exact) mass is 613 g/mol. The summed E-state index contributed by atoms with van der Waals surface area (Å²) in [6, 6.07) is 20.4. The van der Waals surface area contributed by atoms with Gasteiger partial charge in [0.1, 0.15) is 28.5 Å². The second-order valence-electron chi connectivity index (χ2n) is 11.1. The number of anilines is 1. The van der Waals surface area contributed by atoms with Crippen molar-refractivity contribution in [2.45, 2.75) is 17.7 Å². The molecule has 0 saturated carbocycles. The molecule has 9 nitrogen and oxygen atoms in total. The van der Waals surface area contributed by atoms with Gasteiger partial charge in [0.05, 0.1) is 41.3 Å². The topological polar surface area (TPSA) is 89.8 Å². The Kier molecular flexibility index (Phi) is 7.43. The lowest BCUT2D eigenvalue weighted by atomic mass is 10.0. The predicted octanol–water partition coefficient (Wildman–Crippen LogP) is 5.44. The van der Waals surface area contributed by atoms with Crippen molar-refractivity contribution >= 4 is 26.6 Å². The molecule has 11 heteroatoms. The van der Waals surface area contributed by atoms with E-state index in [-0.39, 0.29) is 16.0 Å². The van der Waals surface area contributed by atoms with Gasteiger partial charge >= 0.3 is 0 Å². The Morgan fingerprint density at radius 2 is 1.59 bits per heavy atom. The van der Waals surface area contributed by atoms with Crippen molar-refractivity contribution in [3.05, 3.63) is 84.8 Å². The number of piperazine rings is 1. The van der Waals surface area contributed by atoms with Gasteiger partial charge in [0, 0.05) is 37.1 Å². The number of rotatable bonds is 3. The summed E-state index contributed by atoms with van der Waals surface area (Å²) in [6.45, 7) is 4.46. The van der Waals surface area contributed by atoms with Crippen molar-refractivity contribution in [1.29, 1.82) is 0 Å². The summed E-state index contributed by atoms with van der Waals surface area (Å²) in [7, 11) is -1.96. The van der Waals surface area contributed by atoms with Gasteiger partial charge in [0.15, 0.2) is 0 Å². The highest BCUT2D eigenvalue weighted by Crippen LogP contribution is 2.39. The van der Waals surface area contributed by atoms with Crippen LogP contribution in [0.1, 0.15) is 12.8 Å². The molecule has 0 radical (unpaired) electrons. The normalized spacial score (nSPS) is 16.1. The Morgan fingerprint density at radius 1 is 0.841 bits per heavy atom. The van der Waals surface area contributed by atoms with E-state index in [1.54, 1.807) is 36.4 Å².